The summed E-state index contributed by atoms with van der Waals surface area (Å²) in [5.74, 6) is -0.458. The molecule has 0 saturated heterocycles. The second-order valence-electron chi connectivity index (χ2n) is 4.44. The van der Waals surface area contributed by atoms with Crippen LogP contribution in [0.4, 0.5) is 0 Å². The van der Waals surface area contributed by atoms with Gasteiger partial charge in [0.2, 0.25) is 0 Å². The quantitative estimate of drug-likeness (QED) is 0.871. The molecular weight excluding hydrogens is 264 g/mol. The van der Waals surface area contributed by atoms with Crippen molar-refractivity contribution in [2.24, 2.45) is 5.73 Å². The summed E-state index contributed by atoms with van der Waals surface area (Å²) in [4.78, 5) is 11.7. The first-order valence-electron chi connectivity index (χ1n) is 6.03. The monoisotopic (exact) mass is 276 g/mol. The normalized spacial score (nSPS) is 14.2. The van der Waals surface area contributed by atoms with Crippen molar-refractivity contribution < 1.29 is 4.79 Å². The van der Waals surface area contributed by atoms with E-state index in [-0.39, 0.29) is 0 Å². The van der Waals surface area contributed by atoms with E-state index >= 15 is 0 Å². The van der Waals surface area contributed by atoms with Crippen molar-refractivity contribution in [3.8, 4) is 11.3 Å². The third-order valence-corrected chi connectivity index (χ3v) is 3.43. The Labute approximate surface area is 115 Å². The van der Waals surface area contributed by atoms with E-state index in [1.165, 1.54) is 0 Å². The summed E-state index contributed by atoms with van der Waals surface area (Å²) in [6.45, 7) is 2.17. The van der Waals surface area contributed by atoms with Gasteiger partial charge in [-0.1, -0.05) is 23.7 Å². The molecule has 19 heavy (non-hydrogen) atoms. The fraction of sp³-hybridized carbons (Fsp3) is 0.231. The molecule has 0 saturated carbocycles. The Hall–Kier alpha value is -1.85. The predicted molar refractivity (Wildman–Crippen MR) is 72.9 cm³/mol. The van der Waals surface area contributed by atoms with Gasteiger partial charge < -0.3 is 11.1 Å². The lowest BCUT2D eigenvalue weighted by Crippen LogP contribution is -2.30. The molecule has 3 rings (SSSR count). The maximum atomic E-state index is 11.7. The van der Waals surface area contributed by atoms with Crippen LogP contribution < -0.4 is 11.1 Å². The summed E-state index contributed by atoms with van der Waals surface area (Å²) in [6.07, 6.45) is 0. The molecule has 5 nitrogen and oxygen atoms in total. The Morgan fingerprint density at radius 1 is 1.47 bits per heavy atom. The third-order valence-electron chi connectivity index (χ3n) is 3.19. The minimum atomic E-state index is -0.458. The SMILES string of the molecule is NC(=O)c1c(-c2cccc(Cl)c2)nn2c1CNCC2. The van der Waals surface area contributed by atoms with E-state index in [1.54, 1.807) is 12.1 Å². The van der Waals surface area contributed by atoms with Crippen molar-refractivity contribution in [2.45, 2.75) is 13.1 Å². The molecule has 0 aliphatic carbocycles. The number of amides is 1. The highest BCUT2D eigenvalue weighted by Crippen LogP contribution is 2.28. The van der Waals surface area contributed by atoms with E-state index in [4.69, 9.17) is 17.3 Å². The molecule has 0 fully saturated rings. The van der Waals surface area contributed by atoms with E-state index in [0.29, 0.717) is 22.8 Å². The standard InChI is InChI=1S/C13H13ClN4O/c14-9-3-1-2-8(6-9)12-11(13(15)19)10-7-16-4-5-18(10)17-12/h1-3,6,16H,4-5,7H2,(H2,15,19). The van der Waals surface area contributed by atoms with E-state index in [1.807, 2.05) is 16.8 Å². The van der Waals surface area contributed by atoms with Gasteiger partial charge in [-0.3, -0.25) is 9.48 Å². The van der Waals surface area contributed by atoms with E-state index in [9.17, 15) is 4.79 Å². The minimum absolute atomic E-state index is 0.458. The molecule has 3 N–H and O–H groups in total. The number of carbonyl (C=O) groups is 1. The number of halogens is 1. The highest BCUT2D eigenvalue weighted by atomic mass is 35.5. The molecule has 0 bridgehead atoms. The Kier molecular flexibility index (Phi) is 3.00. The van der Waals surface area contributed by atoms with Crippen LogP contribution in [0, 0.1) is 0 Å². The van der Waals surface area contributed by atoms with Crippen molar-refractivity contribution in [1.82, 2.24) is 15.1 Å². The minimum Gasteiger partial charge on any atom is -0.365 e. The average molecular weight is 277 g/mol. The largest absolute Gasteiger partial charge is 0.365 e. The smallest absolute Gasteiger partial charge is 0.252 e. The van der Waals surface area contributed by atoms with E-state index < -0.39 is 5.91 Å². The van der Waals surface area contributed by atoms with Crippen LogP contribution in [0.3, 0.4) is 0 Å². The number of hydrogen-bond acceptors (Lipinski definition) is 3. The molecule has 0 atom stereocenters. The van der Waals surface area contributed by atoms with Crippen molar-refractivity contribution >= 4 is 17.5 Å². The number of hydrogen-bond donors (Lipinski definition) is 2. The number of fused-ring (bicyclic) bond motifs is 1. The summed E-state index contributed by atoms with van der Waals surface area (Å²) < 4.78 is 1.84. The molecule has 1 aliphatic rings. The van der Waals surface area contributed by atoms with E-state index in [0.717, 1.165) is 24.3 Å². The number of primary amides is 1. The average Bonchev–Trinajstić information content (AvgIpc) is 2.78. The van der Waals surface area contributed by atoms with Crippen molar-refractivity contribution in [1.29, 1.82) is 0 Å². The van der Waals surface area contributed by atoms with Crippen LogP contribution in [-0.4, -0.2) is 22.2 Å². The van der Waals surface area contributed by atoms with E-state index in [2.05, 4.69) is 10.4 Å². The molecule has 98 valence electrons. The Morgan fingerprint density at radius 2 is 2.32 bits per heavy atom. The maximum absolute atomic E-state index is 11.7. The van der Waals surface area contributed by atoms with Crippen LogP contribution in [0.25, 0.3) is 11.3 Å². The van der Waals surface area contributed by atoms with Crippen LogP contribution in [0.2, 0.25) is 5.02 Å². The van der Waals surface area contributed by atoms with Crippen LogP contribution in [0.1, 0.15) is 16.1 Å². The molecule has 0 unspecified atom stereocenters. The topological polar surface area (TPSA) is 72.9 Å². The third kappa shape index (κ3) is 2.11. The Morgan fingerprint density at radius 3 is 3.05 bits per heavy atom. The first-order valence-corrected chi connectivity index (χ1v) is 6.41. The second kappa shape index (κ2) is 4.68. The van der Waals surface area contributed by atoms with Gasteiger partial charge in [0.15, 0.2) is 0 Å². The van der Waals surface area contributed by atoms with Gasteiger partial charge >= 0.3 is 0 Å². The summed E-state index contributed by atoms with van der Waals surface area (Å²) in [6, 6.07) is 7.28. The molecule has 1 aromatic carbocycles. The lowest BCUT2D eigenvalue weighted by molar-refractivity contribution is 0.0999. The van der Waals surface area contributed by atoms with Crippen LogP contribution in [-0.2, 0) is 13.1 Å². The van der Waals surface area contributed by atoms with Gasteiger partial charge in [-0.25, -0.2) is 0 Å². The van der Waals surface area contributed by atoms with Gasteiger partial charge in [0.05, 0.1) is 17.8 Å². The molecule has 2 aromatic rings. The molecule has 1 aromatic heterocycles. The summed E-state index contributed by atoms with van der Waals surface area (Å²) in [5.41, 5.74) is 8.24. The zero-order valence-electron chi connectivity index (χ0n) is 10.2. The molecule has 1 amide bonds. The van der Waals surface area contributed by atoms with Gasteiger partial charge in [0.1, 0.15) is 5.69 Å². The maximum Gasteiger partial charge on any atom is 0.252 e. The number of nitrogens with one attached hydrogen (secondary N) is 1. The highest BCUT2D eigenvalue weighted by molar-refractivity contribution is 6.30. The second-order valence-corrected chi connectivity index (χ2v) is 4.88. The summed E-state index contributed by atoms with van der Waals surface area (Å²) >= 11 is 5.99. The van der Waals surface area contributed by atoms with Gasteiger partial charge in [-0.15, -0.1) is 0 Å². The van der Waals surface area contributed by atoms with Crippen LogP contribution >= 0.6 is 11.6 Å². The molecule has 0 radical (unpaired) electrons. The first kappa shape index (κ1) is 12.2. The number of benzene rings is 1. The number of carbonyl (C=O) groups excluding carboxylic acids is 1. The molecule has 0 spiro atoms. The fourth-order valence-corrected chi connectivity index (χ4v) is 2.54. The number of rotatable bonds is 2. The van der Waals surface area contributed by atoms with Crippen LogP contribution in [0.5, 0.6) is 0 Å². The van der Waals surface area contributed by atoms with Crippen LogP contribution in [0.15, 0.2) is 24.3 Å². The van der Waals surface area contributed by atoms with Gasteiger partial charge in [0, 0.05) is 23.7 Å². The zero-order chi connectivity index (χ0) is 13.4. The van der Waals surface area contributed by atoms with Gasteiger partial charge in [0.25, 0.3) is 5.91 Å². The lowest BCUT2D eigenvalue weighted by Gasteiger charge is -2.15. The summed E-state index contributed by atoms with van der Waals surface area (Å²) in [5, 5.41) is 8.33. The number of nitrogens with zero attached hydrogens (tertiary/aromatic N) is 2. The number of nitrogens with two attached hydrogens (primary N) is 1. The predicted octanol–water partition coefficient (Wildman–Crippen LogP) is 1.41. The number of aromatic nitrogens is 2. The van der Waals surface area contributed by atoms with Crippen molar-refractivity contribution in [2.75, 3.05) is 6.54 Å². The molecular formula is C13H13ClN4O. The molecule has 1 aliphatic heterocycles. The summed E-state index contributed by atoms with van der Waals surface area (Å²) in [7, 11) is 0. The van der Waals surface area contributed by atoms with Crippen molar-refractivity contribution in [3.05, 3.63) is 40.5 Å². The lowest BCUT2D eigenvalue weighted by atomic mass is 10.0. The highest BCUT2D eigenvalue weighted by Gasteiger charge is 2.24. The Bertz CT molecular complexity index is 650. The molecule has 6 heteroatoms. The van der Waals surface area contributed by atoms with Crippen molar-refractivity contribution in [3.63, 3.8) is 0 Å². The Balaban J connectivity index is 2.20. The first-order chi connectivity index (χ1) is 9.16. The van der Waals surface area contributed by atoms with Gasteiger partial charge in [-0.05, 0) is 12.1 Å². The van der Waals surface area contributed by atoms with Gasteiger partial charge in [-0.2, -0.15) is 5.10 Å². The molecule has 2 heterocycles. The fourth-order valence-electron chi connectivity index (χ4n) is 2.35. The zero-order valence-corrected chi connectivity index (χ0v) is 10.9.